The lowest BCUT2D eigenvalue weighted by molar-refractivity contribution is 0.101. The second kappa shape index (κ2) is 7.95. The first-order valence-electron chi connectivity index (χ1n) is 10.1. The number of benzene rings is 2. The number of nitrogens with zero attached hydrogens (tertiary/aromatic N) is 2. The number of Topliss-reactive ketones (excluding diaryl/α,β-unsaturated/α-hetero) is 1. The van der Waals surface area contributed by atoms with Crippen molar-refractivity contribution in [1.82, 2.24) is 19.9 Å². The molecule has 4 N–H and O–H groups in total. The standard InChI is InChI=1S/C24H22N6O/c1-15(31)20-14-27-22-5-3-17(11-19(20)22)13-29-24-26-9-7-23(30-24)28-12-16-2-4-21-18(10-16)6-8-25-21/h2-11,14,25,27H,12-13H2,1H3,(H2,26,28,29,30). The SMILES string of the molecule is CC(=O)c1c[nH]c2ccc(CNc3nccc(NCc4ccc5[nH]ccc5c4)n3)cc12. The van der Waals surface area contributed by atoms with E-state index in [9.17, 15) is 4.79 Å². The quantitative estimate of drug-likeness (QED) is 0.287. The molecule has 0 bridgehead atoms. The van der Waals surface area contributed by atoms with Gasteiger partial charge in [-0.15, -0.1) is 0 Å². The maximum atomic E-state index is 11.8. The van der Waals surface area contributed by atoms with E-state index in [1.165, 1.54) is 10.9 Å². The van der Waals surface area contributed by atoms with Gasteiger partial charge in [0.05, 0.1) is 0 Å². The second-order valence-electron chi connectivity index (χ2n) is 7.51. The van der Waals surface area contributed by atoms with Gasteiger partial charge >= 0.3 is 0 Å². The minimum Gasteiger partial charge on any atom is -0.366 e. The Morgan fingerprint density at radius 2 is 1.74 bits per heavy atom. The molecule has 0 fully saturated rings. The zero-order valence-electron chi connectivity index (χ0n) is 17.1. The predicted molar refractivity (Wildman–Crippen MR) is 123 cm³/mol. The number of aromatic amines is 2. The number of fused-ring (bicyclic) bond motifs is 2. The van der Waals surface area contributed by atoms with Crippen molar-refractivity contribution in [3.63, 3.8) is 0 Å². The van der Waals surface area contributed by atoms with Crippen molar-refractivity contribution < 1.29 is 4.79 Å². The molecule has 0 saturated heterocycles. The third-order valence-corrected chi connectivity index (χ3v) is 5.32. The number of rotatable bonds is 7. The van der Waals surface area contributed by atoms with Gasteiger partial charge in [0.15, 0.2) is 5.78 Å². The number of H-pyrrole nitrogens is 2. The van der Waals surface area contributed by atoms with Crippen molar-refractivity contribution in [3.05, 3.63) is 83.8 Å². The van der Waals surface area contributed by atoms with Gasteiger partial charge in [-0.2, -0.15) is 4.98 Å². The molecule has 7 nitrogen and oxygen atoms in total. The molecule has 3 heterocycles. The zero-order chi connectivity index (χ0) is 21.2. The van der Waals surface area contributed by atoms with Crippen LogP contribution in [-0.4, -0.2) is 25.7 Å². The summed E-state index contributed by atoms with van der Waals surface area (Å²) in [6.45, 7) is 2.82. The van der Waals surface area contributed by atoms with Crippen molar-refractivity contribution in [2.24, 2.45) is 0 Å². The van der Waals surface area contributed by atoms with Crippen molar-refractivity contribution >= 4 is 39.4 Å². The average Bonchev–Trinajstić information content (AvgIpc) is 3.42. The molecule has 3 aromatic heterocycles. The van der Waals surface area contributed by atoms with Crippen LogP contribution in [0.4, 0.5) is 11.8 Å². The number of carbonyl (C=O) groups excluding carboxylic acids is 1. The van der Waals surface area contributed by atoms with Gasteiger partial charge in [0.25, 0.3) is 0 Å². The summed E-state index contributed by atoms with van der Waals surface area (Å²) in [5.74, 6) is 1.35. The highest BCUT2D eigenvalue weighted by atomic mass is 16.1. The van der Waals surface area contributed by atoms with Gasteiger partial charge in [-0.05, 0) is 59.8 Å². The predicted octanol–water partition coefficient (Wildman–Crippen LogP) is 4.87. The summed E-state index contributed by atoms with van der Waals surface area (Å²) in [5, 5.41) is 8.74. The van der Waals surface area contributed by atoms with Crippen LogP contribution in [-0.2, 0) is 13.1 Å². The molecule has 154 valence electrons. The van der Waals surface area contributed by atoms with Gasteiger partial charge < -0.3 is 20.6 Å². The fraction of sp³-hybridized carbons (Fsp3) is 0.125. The van der Waals surface area contributed by atoms with Crippen LogP contribution in [0.5, 0.6) is 0 Å². The minimum atomic E-state index is 0.0501. The molecule has 0 radical (unpaired) electrons. The van der Waals surface area contributed by atoms with Crippen molar-refractivity contribution in [1.29, 1.82) is 0 Å². The lowest BCUT2D eigenvalue weighted by atomic mass is 10.1. The summed E-state index contributed by atoms with van der Waals surface area (Å²) in [5.41, 5.74) is 5.02. The van der Waals surface area contributed by atoms with Crippen LogP contribution in [0.15, 0.2) is 67.1 Å². The molecule has 0 amide bonds. The van der Waals surface area contributed by atoms with Crippen LogP contribution in [0.25, 0.3) is 21.8 Å². The van der Waals surface area contributed by atoms with Crippen LogP contribution in [0, 0.1) is 0 Å². The summed E-state index contributed by atoms with van der Waals surface area (Å²) in [6.07, 6.45) is 5.44. The number of carbonyl (C=O) groups is 1. The van der Waals surface area contributed by atoms with Gasteiger partial charge in [-0.1, -0.05) is 12.1 Å². The number of aromatic nitrogens is 4. The van der Waals surface area contributed by atoms with E-state index >= 15 is 0 Å². The van der Waals surface area contributed by atoms with Crippen molar-refractivity contribution in [2.75, 3.05) is 10.6 Å². The number of anilines is 2. The molecule has 0 atom stereocenters. The molecule has 0 saturated carbocycles. The Balaban J connectivity index is 1.25. The van der Waals surface area contributed by atoms with Crippen LogP contribution < -0.4 is 10.6 Å². The highest BCUT2D eigenvalue weighted by Crippen LogP contribution is 2.21. The third kappa shape index (κ3) is 3.98. The van der Waals surface area contributed by atoms with E-state index in [2.05, 4.69) is 54.8 Å². The molecule has 0 aliphatic rings. The highest BCUT2D eigenvalue weighted by molar-refractivity contribution is 6.06. The normalized spacial score (nSPS) is 11.1. The van der Waals surface area contributed by atoms with Gasteiger partial charge in [0, 0.05) is 53.7 Å². The first-order valence-corrected chi connectivity index (χ1v) is 10.1. The van der Waals surface area contributed by atoms with Gasteiger partial charge in [-0.3, -0.25) is 4.79 Å². The number of nitrogens with one attached hydrogen (secondary N) is 4. The molecule has 5 aromatic rings. The Hall–Kier alpha value is -4.13. The van der Waals surface area contributed by atoms with E-state index in [4.69, 9.17) is 0 Å². The first-order chi connectivity index (χ1) is 15.2. The van der Waals surface area contributed by atoms with E-state index in [-0.39, 0.29) is 5.78 Å². The smallest absolute Gasteiger partial charge is 0.224 e. The van der Waals surface area contributed by atoms with E-state index in [1.807, 2.05) is 30.5 Å². The molecule has 7 heteroatoms. The van der Waals surface area contributed by atoms with E-state index in [1.54, 1.807) is 19.3 Å². The molecule has 2 aromatic carbocycles. The van der Waals surface area contributed by atoms with Crippen LogP contribution in [0.1, 0.15) is 28.4 Å². The van der Waals surface area contributed by atoms with Crippen molar-refractivity contribution in [2.45, 2.75) is 20.0 Å². The van der Waals surface area contributed by atoms with Gasteiger partial charge in [0.2, 0.25) is 5.95 Å². The average molecular weight is 410 g/mol. The monoisotopic (exact) mass is 410 g/mol. The van der Waals surface area contributed by atoms with Crippen molar-refractivity contribution in [3.8, 4) is 0 Å². The topological polar surface area (TPSA) is 98.5 Å². The molecule has 0 spiro atoms. The minimum absolute atomic E-state index is 0.0501. The second-order valence-corrected chi connectivity index (χ2v) is 7.51. The molecular weight excluding hydrogens is 388 g/mol. The summed E-state index contributed by atoms with van der Waals surface area (Å²) >= 11 is 0. The summed E-state index contributed by atoms with van der Waals surface area (Å²) in [4.78, 5) is 27.0. The maximum Gasteiger partial charge on any atom is 0.224 e. The Bertz CT molecular complexity index is 1380. The largest absolute Gasteiger partial charge is 0.366 e. The van der Waals surface area contributed by atoms with Gasteiger partial charge in [-0.25, -0.2) is 4.98 Å². The Labute approximate surface area is 178 Å². The first kappa shape index (κ1) is 18.9. The molecule has 31 heavy (non-hydrogen) atoms. The molecule has 0 unspecified atom stereocenters. The summed E-state index contributed by atoms with van der Waals surface area (Å²) < 4.78 is 0. The molecular formula is C24H22N6O. The van der Waals surface area contributed by atoms with Crippen LogP contribution in [0.2, 0.25) is 0 Å². The number of hydrogen-bond donors (Lipinski definition) is 4. The lowest BCUT2D eigenvalue weighted by Crippen LogP contribution is -2.07. The summed E-state index contributed by atoms with van der Waals surface area (Å²) in [6, 6.07) is 16.3. The summed E-state index contributed by atoms with van der Waals surface area (Å²) in [7, 11) is 0. The van der Waals surface area contributed by atoms with Crippen LogP contribution in [0.3, 0.4) is 0 Å². The maximum absolute atomic E-state index is 11.8. The number of ketones is 1. The molecule has 0 aliphatic carbocycles. The molecule has 5 rings (SSSR count). The zero-order valence-corrected chi connectivity index (χ0v) is 17.1. The van der Waals surface area contributed by atoms with E-state index < -0.39 is 0 Å². The van der Waals surface area contributed by atoms with E-state index in [0.29, 0.717) is 24.6 Å². The highest BCUT2D eigenvalue weighted by Gasteiger charge is 2.09. The fourth-order valence-corrected chi connectivity index (χ4v) is 3.70. The van der Waals surface area contributed by atoms with Gasteiger partial charge in [0.1, 0.15) is 5.82 Å². The van der Waals surface area contributed by atoms with E-state index in [0.717, 1.165) is 27.8 Å². The third-order valence-electron chi connectivity index (χ3n) is 5.32. The Morgan fingerprint density at radius 3 is 2.61 bits per heavy atom. The van der Waals surface area contributed by atoms with Crippen LogP contribution >= 0.6 is 0 Å². The Kier molecular flexibility index (Phi) is 4.84. The number of hydrogen-bond acceptors (Lipinski definition) is 5. The fourth-order valence-electron chi connectivity index (χ4n) is 3.70. The Morgan fingerprint density at radius 1 is 0.935 bits per heavy atom. The lowest BCUT2D eigenvalue weighted by Gasteiger charge is -2.09. The molecule has 0 aliphatic heterocycles.